The SMILES string of the molecule is C#CCCCNC(=O)NCc1ccc(C(=O)O)cc1. The first-order chi connectivity index (χ1) is 9.13. The summed E-state index contributed by atoms with van der Waals surface area (Å²) in [6.07, 6.45) is 6.48. The van der Waals surface area contributed by atoms with Gasteiger partial charge in [-0.15, -0.1) is 12.3 Å². The number of urea groups is 1. The first kappa shape index (κ1) is 14.6. The minimum Gasteiger partial charge on any atom is -0.478 e. The summed E-state index contributed by atoms with van der Waals surface area (Å²) in [5.41, 5.74) is 1.06. The van der Waals surface area contributed by atoms with Crippen LogP contribution in [0, 0.1) is 12.3 Å². The van der Waals surface area contributed by atoms with Crippen LogP contribution in [0.2, 0.25) is 0 Å². The number of terminal acetylenes is 1. The van der Waals surface area contributed by atoms with E-state index in [1.807, 2.05) is 0 Å². The fraction of sp³-hybridized carbons (Fsp3) is 0.286. The average Bonchev–Trinajstić information content (AvgIpc) is 2.42. The van der Waals surface area contributed by atoms with Crippen LogP contribution in [0.4, 0.5) is 4.79 Å². The molecule has 1 aromatic carbocycles. The lowest BCUT2D eigenvalue weighted by Crippen LogP contribution is -2.35. The summed E-state index contributed by atoms with van der Waals surface area (Å²) in [6.45, 7) is 0.884. The molecule has 2 amide bonds. The molecule has 0 bridgehead atoms. The summed E-state index contributed by atoms with van der Waals surface area (Å²) in [5.74, 6) is 1.53. The standard InChI is InChI=1S/C14H16N2O3/c1-2-3-4-9-15-14(19)16-10-11-5-7-12(8-6-11)13(17)18/h1,5-8H,3-4,9-10H2,(H,17,18)(H2,15,16,19). The van der Waals surface area contributed by atoms with Gasteiger partial charge in [-0.05, 0) is 24.1 Å². The van der Waals surface area contributed by atoms with E-state index in [4.69, 9.17) is 11.5 Å². The Hall–Kier alpha value is -2.48. The average molecular weight is 260 g/mol. The largest absolute Gasteiger partial charge is 0.478 e. The van der Waals surface area contributed by atoms with Gasteiger partial charge in [0.25, 0.3) is 0 Å². The predicted molar refractivity (Wildman–Crippen MR) is 71.7 cm³/mol. The van der Waals surface area contributed by atoms with Gasteiger partial charge in [0.2, 0.25) is 0 Å². The highest BCUT2D eigenvalue weighted by molar-refractivity contribution is 5.87. The summed E-state index contributed by atoms with van der Waals surface area (Å²) < 4.78 is 0. The number of carboxylic acid groups (broad SMARTS) is 1. The second-order valence-corrected chi connectivity index (χ2v) is 3.92. The smallest absolute Gasteiger partial charge is 0.335 e. The lowest BCUT2D eigenvalue weighted by molar-refractivity contribution is 0.0697. The highest BCUT2D eigenvalue weighted by Crippen LogP contribution is 2.04. The Bertz CT molecular complexity index is 474. The summed E-state index contributed by atoms with van der Waals surface area (Å²) >= 11 is 0. The van der Waals surface area contributed by atoms with Gasteiger partial charge >= 0.3 is 12.0 Å². The summed E-state index contributed by atoms with van der Waals surface area (Å²) in [7, 11) is 0. The number of carbonyl (C=O) groups is 2. The van der Waals surface area contributed by atoms with Crippen molar-refractivity contribution in [3.05, 3.63) is 35.4 Å². The van der Waals surface area contributed by atoms with E-state index in [0.717, 1.165) is 12.0 Å². The summed E-state index contributed by atoms with van der Waals surface area (Å²) in [6, 6.07) is 6.08. The third kappa shape index (κ3) is 5.59. The molecule has 3 N–H and O–H groups in total. The summed E-state index contributed by atoms with van der Waals surface area (Å²) in [4.78, 5) is 22.0. The van der Waals surface area contributed by atoms with Gasteiger partial charge in [0.05, 0.1) is 5.56 Å². The van der Waals surface area contributed by atoms with Crippen molar-refractivity contribution in [3.8, 4) is 12.3 Å². The molecule has 0 aliphatic heterocycles. The maximum atomic E-state index is 11.4. The number of hydrogen-bond acceptors (Lipinski definition) is 2. The summed E-state index contributed by atoms with van der Waals surface area (Å²) in [5, 5.41) is 14.1. The quantitative estimate of drug-likeness (QED) is 0.537. The first-order valence-corrected chi connectivity index (χ1v) is 5.91. The molecule has 0 aliphatic rings. The molecule has 0 heterocycles. The molecule has 5 heteroatoms. The second kappa shape index (κ2) is 7.77. The Balaban J connectivity index is 2.30. The van der Waals surface area contributed by atoms with E-state index in [1.54, 1.807) is 12.1 Å². The maximum absolute atomic E-state index is 11.4. The van der Waals surface area contributed by atoms with Crippen molar-refractivity contribution < 1.29 is 14.7 Å². The minimum atomic E-state index is -0.967. The lowest BCUT2D eigenvalue weighted by Gasteiger charge is -2.07. The third-order valence-corrected chi connectivity index (χ3v) is 2.44. The van der Waals surface area contributed by atoms with Crippen molar-refractivity contribution >= 4 is 12.0 Å². The van der Waals surface area contributed by atoms with Gasteiger partial charge in [0, 0.05) is 19.5 Å². The highest BCUT2D eigenvalue weighted by Gasteiger charge is 2.03. The number of carbonyl (C=O) groups excluding carboxylic acids is 1. The molecule has 0 fully saturated rings. The molecule has 0 saturated carbocycles. The number of aromatic carboxylic acids is 1. The van der Waals surface area contributed by atoms with Gasteiger partial charge in [-0.1, -0.05) is 12.1 Å². The van der Waals surface area contributed by atoms with Crippen LogP contribution in [0.5, 0.6) is 0 Å². The predicted octanol–water partition coefficient (Wildman–Crippen LogP) is 1.60. The fourth-order valence-corrected chi connectivity index (χ4v) is 1.40. The fourth-order valence-electron chi connectivity index (χ4n) is 1.40. The Kier molecular flexibility index (Phi) is 5.96. The van der Waals surface area contributed by atoms with Gasteiger partial charge in [0.1, 0.15) is 0 Å². The second-order valence-electron chi connectivity index (χ2n) is 3.92. The molecule has 0 atom stereocenters. The molecule has 1 rings (SSSR count). The van der Waals surface area contributed by atoms with Gasteiger partial charge in [-0.25, -0.2) is 9.59 Å². The molecule has 100 valence electrons. The van der Waals surface area contributed by atoms with E-state index < -0.39 is 5.97 Å². The number of hydrogen-bond donors (Lipinski definition) is 3. The van der Waals surface area contributed by atoms with Crippen LogP contribution in [0.25, 0.3) is 0 Å². The molecule has 0 aliphatic carbocycles. The monoisotopic (exact) mass is 260 g/mol. The van der Waals surface area contributed by atoms with E-state index >= 15 is 0 Å². The number of amides is 2. The van der Waals surface area contributed by atoms with E-state index in [9.17, 15) is 9.59 Å². The van der Waals surface area contributed by atoms with Crippen molar-refractivity contribution in [2.75, 3.05) is 6.54 Å². The van der Waals surface area contributed by atoms with Gasteiger partial charge in [-0.2, -0.15) is 0 Å². The van der Waals surface area contributed by atoms with Crippen molar-refractivity contribution in [1.29, 1.82) is 0 Å². The molecule has 0 unspecified atom stereocenters. The van der Waals surface area contributed by atoms with Gasteiger partial charge in [0.15, 0.2) is 0 Å². The normalized spacial score (nSPS) is 9.42. The zero-order valence-corrected chi connectivity index (χ0v) is 10.5. The highest BCUT2D eigenvalue weighted by atomic mass is 16.4. The Morgan fingerprint density at radius 3 is 2.47 bits per heavy atom. The van der Waals surface area contributed by atoms with Crippen LogP contribution in [-0.4, -0.2) is 23.7 Å². The molecule has 0 spiro atoms. The zero-order valence-electron chi connectivity index (χ0n) is 10.5. The zero-order chi connectivity index (χ0) is 14.1. The van der Waals surface area contributed by atoms with E-state index in [0.29, 0.717) is 19.5 Å². The molecule has 0 aromatic heterocycles. The minimum absolute atomic E-state index is 0.225. The van der Waals surface area contributed by atoms with Gasteiger partial charge < -0.3 is 15.7 Å². The van der Waals surface area contributed by atoms with Crippen LogP contribution in [0.15, 0.2) is 24.3 Å². The third-order valence-electron chi connectivity index (χ3n) is 2.44. The van der Waals surface area contributed by atoms with Crippen molar-refractivity contribution in [1.82, 2.24) is 10.6 Å². The molecule has 5 nitrogen and oxygen atoms in total. The number of carboxylic acids is 1. The Labute approximate surface area is 112 Å². The number of benzene rings is 1. The maximum Gasteiger partial charge on any atom is 0.335 e. The van der Waals surface area contributed by atoms with Crippen molar-refractivity contribution in [2.45, 2.75) is 19.4 Å². The van der Waals surface area contributed by atoms with E-state index in [2.05, 4.69) is 16.6 Å². The first-order valence-electron chi connectivity index (χ1n) is 5.91. The number of unbranched alkanes of at least 4 members (excludes halogenated alkanes) is 1. The molecule has 1 aromatic rings. The van der Waals surface area contributed by atoms with Crippen molar-refractivity contribution in [3.63, 3.8) is 0 Å². The number of nitrogens with one attached hydrogen (secondary N) is 2. The Morgan fingerprint density at radius 2 is 1.89 bits per heavy atom. The topological polar surface area (TPSA) is 78.4 Å². The number of rotatable bonds is 6. The van der Waals surface area contributed by atoms with Crippen LogP contribution in [0.1, 0.15) is 28.8 Å². The molecule has 0 saturated heterocycles. The van der Waals surface area contributed by atoms with Gasteiger partial charge in [-0.3, -0.25) is 0 Å². The van der Waals surface area contributed by atoms with Crippen LogP contribution < -0.4 is 10.6 Å². The van der Waals surface area contributed by atoms with Crippen LogP contribution >= 0.6 is 0 Å². The molecular formula is C14H16N2O3. The Morgan fingerprint density at radius 1 is 1.21 bits per heavy atom. The molecule has 0 radical (unpaired) electrons. The van der Waals surface area contributed by atoms with E-state index in [1.165, 1.54) is 12.1 Å². The molecular weight excluding hydrogens is 244 g/mol. The van der Waals surface area contributed by atoms with Crippen molar-refractivity contribution in [2.24, 2.45) is 0 Å². The van der Waals surface area contributed by atoms with E-state index in [-0.39, 0.29) is 11.6 Å². The van der Waals surface area contributed by atoms with Crippen LogP contribution in [-0.2, 0) is 6.54 Å². The lowest BCUT2D eigenvalue weighted by atomic mass is 10.1. The van der Waals surface area contributed by atoms with Crippen LogP contribution in [0.3, 0.4) is 0 Å². The molecule has 19 heavy (non-hydrogen) atoms.